The number of anilines is 1. The number of rotatable bonds is 2. The Morgan fingerprint density at radius 3 is 2.75 bits per heavy atom. The Bertz CT molecular complexity index is 1420. The number of nitrogen functional groups attached to an aromatic ring is 1. The van der Waals surface area contributed by atoms with E-state index >= 15 is 0 Å². The summed E-state index contributed by atoms with van der Waals surface area (Å²) < 4.78 is 21.3. The number of aromatic amines is 1. The number of para-hydroxylation sites is 1. The van der Waals surface area contributed by atoms with Gasteiger partial charge in [-0.1, -0.05) is 18.2 Å². The summed E-state index contributed by atoms with van der Waals surface area (Å²) in [4.78, 5) is 12.3. The van der Waals surface area contributed by atoms with Crippen LogP contribution in [-0.4, -0.2) is 20.0 Å². The average molecular weight is 375 g/mol. The molecule has 0 aliphatic heterocycles. The molecule has 28 heavy (non-hydrogen) atoms. The van der Waals surface area contributed by atoms with Gasteiger partial charge in [-0.05, 0) is 31.2 Å². The van der Waals surface area contributed by atoms with Gasteiger partial charge in [-0.15, -0.1) is 0 Å². The molecule has 3 heterocycles. The number of hydrogen-bond donors (Lipinski definition) is 2. The van der Waals surface area contributed by atoms with E-state index in [1.807, 2.05) is 37.3 Å². The molecule has 0 saturated carbocycles. The van der Waals surface area contributed by atoms with Gasteiger partial charge in [0, 0.05) is 17.0 Å². The van der Waals surface area contributed by atoms with Crippen molar-refractivity contribution in [1.82, 2.24) is 20.0 Å². The third-order valence-corrected chi connectivity index (χ3v) is 4.75. The average Bonchev–Trinajstić information content (AvgIpc) is 3.24. The van der Waals surface area contributed by atoms with Crippen LogP contribution >= 0.6 is 0 Å². The third-order valence-electron chi connectivity index (χ3n) is 4.75. The van der Waals surface area contributed by atoms with Crippen molar-refractivity contribution in [3.05, 3.63) is 70.3 Å². The Labute approximate surface area is 157 Å². The third kappa shape index (κ3) is 2.24. The highest BCUT2D eigenvalue weighted by Gasteiger charge is 2.25. The zero-order valence-electron chi connectivity index (χ0n) is 14.7. The molecule has 5 rings (SSSR count). The first-order chi connectivity index (χ1) is 13.5. The monoisotopic (exact) mass is 375 g/mol. The normalized spacial score (nSPS) is 11.5. The number of aromatic nitrogens is 4. The summed E-state index contributed by atoms with van der Waals surface area (Å²) in [7, 11) is 0. The fourth-order valence-corrected chi connectivity index (χ4v) is 3.43. The van der Waals surface area contributed by atoms with Crippen molar-refractivity contribution in [3.63, 3.8) is 0 Å². The minimum absolute atomic E-state index is 0.123. The van der Waals surface area contributed by atoms with Gasteiger partial charge >= 0.3 is 0 Å². The van der Waals surface area contributed by atoms with Crippen LogP contribution in [0.1, 0.15) is 5.56 Å². The number of hydrogen-bond acceptors (Lipinski definition) is 5. The topological polar surface area (TPSA) is 103 Å². The predicted octanol–water partition coefficient (Wildman–Crippen LogP) is 3.55. The fraction of sp³-hybridized carbons (Fsp3) is 0.0500. The highest BCUT2D eigenvalue weighted by molar-refractivity contribution is 6.02. The molecule has 138 valence electrons. The Balaban J connectivity index is 1.95. The first kappa shape index (κ1) is 16.2. The van der Waals surface area contributed by atoms with Crippen LogP contribution in [0.25, 0.3) is 39.0 Å². The molecule has 0 bridgehead atoms. The van der Waals surface area contributed by atoms with E-state index < -0.39 is 11.4 Å². The number of halogens is 1. The second kappa shape index (κ2) is 5.78. The molecule has 5 aromatic rings. The van der Waals surface area contributed by atoms with Crippen LogP contribution in [0.5, 0.6) is 0 Å². The molecule has 0 spiro atoms. The highest BCUT2D eigenvalue weighted by Crippen LogP contribution is 2.38. The number of H-pyrrole nitrogens is 1. The number of benzene rings is 2. The van der Waals surface area contributed by atoms with Gasteiger partial charge in [0.25, 0.3) is 5.56 Å². The molecular formula is C20H14FN5O2. The molecule has 0 unspecified atom stereocenters. The number of fused-ring (bicyclic) bond motifs is 2. The minimum Gasteiger partial charge on any atom is -0.454 e. The van der Waals surface area contributed by atoms with Crippen molar-refractivity contribution < 1.29 is 8.81 Å². The van der Waals surface area contributed by atoms with Crippen LogP contribution < -0.4 is 11.3 Å². The standard InChI is InChI=1S/C20H14FN5O2/c1-10-13-8-7-11(21)9-14(13)28-18(10)17-15-16(20(27)24-23-19(15)22)25-26(17)12-5-3-2-4-6-12/h2-9H,1H3,(H2,22,23)(H,24,27). The van der Waals surface area contributed by atoms with E-state index in [0.717, 1.165) is 16.6 Å². The van der Waals surface area contributed by atoms with Crippen molar-refractivity contribution in [2.75, 3.05) is 5.73 Å². The molecule has 0 atom stereocenters. The van der Waals surface area contributed by atoms with Crippen LogP contribution in [0.15, 0.2) is 57.7 Å². The SMILES string of the molecule is Cc1c(-c2c3c(N)n[nH]c(=O)c3nn2-c2ccccc2)oc2cc(F)ccc12. The molecule has 3 N–H and O–H groups in total. The molecule has 0 saturated heterocycles. The lowest BCUT2D eigenvalue weighted by atomic mass is 10.1. The molecule has 2 aromatic carbocycles. The molecule has 0 fully saturated rings. The molecule has 0 aliphatic carbocycles. The lowest BCUT2D eigenvalue weighted by Gasteiger charge is -2.07. The first-order valence-electron chi connectivity index (χ1n) is 8.56. The van der Waals surface area contributed by atoms with E-state index in [1.54, 1.807) is 10.7 Å². The molecule has 0 radical (unpaired) electrons. The van der Waals surface area contributed by atoms with E-state index in [9.17, 15) is 9.18 Å². The Hall–Kier alpha value is -3.94. The van der Waals surface area contributed by atoms with Gasteiger partial charge in [0.2, 0.25) is 0 Å². The number of furan rings is 1. The van der Waals surface area contributed by atoms with E-state index in [1.165, 1.54) is 12.1 Å². The minimum atomic E-state index is -0.458. The maximum absolute atomic E-state index is 13.7. The molecule has 3 aromatic heterocycles. The van der Waals surface area contributed by atoms with Crippen molar-refractivity contribution in [3.8, 4) is 17.1 Å². The van der Waals surface area contributed by atoms with Crippen LogP contribution in [-0.2, 0) is 0 Å². The summed E-state index contributed by atoms with van der Waals surface area (Å²) in [5.74, 6) is 0.177. The highest BCUT2D eigenvalue weighted by atomic mass is 19.1. The molecular weight excluding hydrogens is 361 g/mol. The van der Waals surface area contributed by atoms with Crippen molar-refractivity contribution in [1.29, 1.82) is 0 Å². The van der Waals surface area contributed by atoms with Crippen LogP contribution in [0.3, 0.4) is 0 Å². The van der Waals surface area contributed by atoms with Crippen molar-refractivity contribution in [2.24, 2.45) is 0 Å². The summed E-state index contributed by atoms with van der Waals surface area (Å²) >= 11 is 0. The van der Waals surface area contributed by atoms with E-state index in [2.05, 4.69) is 15.3 Å². The number of aryl methyl sites for hydroxylation is 1. The van der Waals surface area contributed by atoms with Gasteiger partial charge < -0.3 is 10.2 Å². The van der Waals surface area contributed by atoms with Gasteiger partial charge in [-0.25, -0.2) is 14.2 Å². The van der Waals surface area contributed by atoms with Gasteiger partial charge in [-0.2, -0.15) is 10.2 Å². The Morgan fingerprint density at radius 1 is 1.18 bits per heavy atom. The number of nitrogens with two attached hydrogens (primary N) is 1. The maximum Gasteiger partial charge on any atom is 0.292 e. The van der Waals surface area contributed by atoms with E-state index in [0.29, 0.717) is 22.4 Å². The van der Waals surface area contributed by atoms with Gasteiger partial charge in [-0.3, -0.25) is 4.79 Å². The molecule has 0 amide bonds. The quantitative estimate of drug-likeness (QED) is 0.491. The molecule has 8 heteroatoms. The van der Waals surface area contributed by atoms with Crippen LogP contribution in [0, 0.1) is 12.7 Å². The first-order valence-corrected chi connectivity index (χ1v) is 8.56. The van der Waals surface area contributed by atoms with Crippen LogP contribution in [0.4, 0.5) is 10.2 Å². The van der Waals surface area contributed by atoms with Gasteiger partial charge in [0.1, 0.15) is 17.1 Å². The maximum atomic E-state index is 13.7. The van der Waals surface area contributed by atoms with Crippen molar-refractivity contribution in [2.45, 2.75) is 6.92 Å². The Morgan fingerprint density at radius 2 is 1.96 bits per heavy atom. The van der Waals surface area contributed by atoms with Crippen molar-refractivity contribution >= 4 is 27.7 Å². The second-order valence-electron chi connectivity index (χ2n) is 6.45. The summed E-state index contributed by atoms with van der Waals surface area (Å²) in [6, 6.07) is 13.7. The van der Waals surface area contributed by atoms with E-state index in [4.69, 9.17) is 10.2 Å². The number of nitrogens with zero attached hydrogens (tertiary/aromatic N) is 3. The van der Waals surface area contributed by atoms with E-state index in [-0.39, 0.29) is 11.3 Å². The molecule has 7 nitrogen and oxygen atoms in total. The smallest absolute Gasteiger partial charge is 0.292 e. The zero-order chi connectivity index (χ0) is 19.4. The predicted molar refractivity (Wildman–Crippen MR) is 104 cm³/mol. The summed E-state index contributed by atoms with van der Waals surface area (Å²) in [6.45, 7) is 1.87. The lowest BCUT2D eigenvalue weighted by Crippen LogP contribution is -2.10. The van der Waals surface area contributed by atoms with Gasteiger partial charge in [0.15, 0.2) is 17.1 Å². The lowest BCUT2D eigenvalue weighted by molar-refractivity contribution is 0.603. The molecule has 0 aliphatic rings. The van der Waals surface area contributed by atoms with Crippen LogP contribution in [0.2, 0.25) is 0 Å². The summed E-state index contributed by atoms with van der Waals surface area (Å²) in [5, 5.41) is 11.8. The number of nitrogens with one attached hydrogen (secondary N) is 1. The Kier molecular flexibility index (Phi) is 3.35. The second-order valence-corrected chi connectivity index (χ2v) is 6.45. The zero-order valence-corrected chi connectivity index (χ0v) is 14.7. The van der Waals surface area contributed by atoms with Gasteiger partial charge in [0.05, 0.1) is 11.1 Å². The largest absolute Gasteiger partial charge is 0.454 e. The fourth-order valence-electron chi connectivity index (χ4n) is 3.43. The summed E-state index contributed by atoms with van der Waals surface area (Å²) in [6.07, 6.45) is 0. The summed E-state index contributed by atoms with van der Waals surface area (Å²) in [5.41, 5.74) is 8.18.